The fourth-order valence-corrected chi connectivity index (χ4v) is 1.63. The molecule has 2 heterocycles. The Morgan fingerprint density at radius 1 is 1.67 bits per heavy atom. The zero-order chi connectivity index (χ0) is 10.8. The van der Waals surface area contributed by atoms with Crippen molar-refractivity contribution in [2.45, 2.75) is 6.04 Å². The first-order valence-corrected chi connectivity index (χ1v) is 4.65. The van der Waals surface area contributed by atoms with Crippen molar-refractivity contribution in [1.29, 1.82) is 0 Å². The summed E-state index contributed by atoms with van der Waals surface area (Å²) in [6.07, 6.45) is 3.12. The summed E-state index contributed by atoms with van der Waals surface area (Å²) in [5, 5.41) is 7.90. The van der Waals surface area contributed by atoms with E-state index in [-0.39, 0.29) is 6.04 Å². The molecule has 0 aliphatic carbocycles. The van der Waals surface area contributed by atoms with Crippen LogP contribution in [0.3, 0.4) is 0 Å². The molecule has 0 saturated heterocycles. The summed E-state index contributed by atoms with van der Waals surface area (Å²) in [4.78, 5) is 0. The Balaban J connectivity index is 2.41. The van der Waals surface area contributed by atoms with Gasteiger partial charge in [-0.3, -0.25) is 10.5 Å². The van der Waals surface area contributed by atoms with Crippen LogP contribution in [0.25, 0.3) is 0 Å². The molecule has 80 valence electrons. The van der Waals surface area contributed by atoms with Crippen LogP contribution in [0.1, 0.15) is 17.3 Å². The zero-order valence-electron chi connectivity index (χ0n) is 8.01. The number of hydrogen-bond acceptors (Lipinski definition) is 5. The number of aryl methyl sites for hydroxylation is 1. The molecule has 0 spiro atoms. The lowest BCUT2D eigenvalue weighted by atomic mass is 10.1. The van der Waals surface area contributed by atoms with Crippen LogP contribution in [0, 0.1) is 0 Å². The Morgan fingerprint density at radius 3 is 2.93 bits per heavy atom. The molecule has 2 aromatic rings. The lowest BCUT2D eigenvalue weighted by Gasteiger charge is -2.13. The fourth-order valence-electron chi connectivity index (χ4n) is 1.40. The maximum Gasteiger partial charge on any atom is 0.198 e. The van der Waals surface area contributed by atoms with Gasteiger partial charge in [-0.25, -0.2) is 5.43 Å². The zero-order valence-corrected chi connectivity index (χ0v) is 8.77. The lowest BCUT2D eigenvalue weighted by molar-refractivity contribution is 0.541. The second kappa shape index (κ2) is 4.01. The number of rotatable bonds is 3. The number of hydrazine groups is 1. The summed E-state index contributed by atoms with van der Waals surface area (Å²) in [5.74, 6) is 5.47. The molecule has 6 nitrogen and oxygen atoms in total. The highest BCUT2D eigenvalue weighted by molar-refractivity contribution is 6.29. The van der Waals surface area contributed by atoms with Gasteiger partial charge in [0.25, 0.3) is 0 Å². The summed E-state index contributed by atoms with van der Waals surface area (Å²) < 4.78 is 6.62. The number of nitrogens with zero attached hydrogens (tertiary/aromatic N) is 3. The smallest absolute Gasteiger partial charge is 0.198 e. The second-order valence-electron chi connectivity index (χ2n) is 3.03. The van der Waals surface area contributed by atoms with Gasteiger partial charge in [0.15, 0.2) is 5.22 Å². The second-order valence-corrected chi connectivity index (χ2v) is 3.38. The van der Waals surface area contributed by atoms with Crippen molar-refractivity contribution in [3.63, 3.8) is 0 Å². The summed E-state index contributed by atoms with van der Waals surface area (Å²) >= 11 is 5.87. The molecule has 0 radical (unpaired) electrons. The first kappa shape index (κ1) is 10.2. The number of aromatic nitrogens is 3. The minimum absolute atomic E-state index is 0.281. The van der Waals surface area contributed by atoms with E-state index < -0.39 is 0 Å². The van der Waals surface area contributed by atoms with E-state index in [4.69, 9.17) is 21.9 Å². The summed E-state index contributed by atoms with van der Waals surface area (Å²) in [6.45, 7) is 0. The SMILES string of the molecule is Cn1nncc1C(NN)c1ccoc1Cl. The first-order chi connectivity index (χ1) is 7.24. The molecule has 0 aliphatic heterocycles. The summed E-state index contributed by atoms with van der Waals surface area (Å²) in [6, 6.07) is 1.47. The van der Waals surface area contributed by atoms with Crippen LogP contribution in [-0.2, 0) is 7.05 Å². The Bertz CT molecular complexity index is 411. The van der Waals surface area contributed by atoms with Crippen molar-refractivity contribution >= 4 is 11.6 Å². The highest BCUT2D eigenvalue weighted by atomic mass is 35.5. The number of nitrogens with one attached hydrogen (secondary N) is 1. The van der Waals surface area contributed by atoms with Gasteiger partial charge < -0.3 is 4.42 Å². The number of nitrogens with two attached hydrogens (primary N) is 1. The average Bonchev–Trinajstić information content (AvgIpc) is 2.80. The normalized spacial score (nSPS) is 13.0. The highest BCUT2D eigenvalue weighted by Crippen LogP contribution is 2.27. The van der Waals surface area contributed by atoms with Gasteiger partial charge in [-0.05, 0) is 17.7 Å². The van der Waals surface area contributed by atoms with Crippen molar-refractivity contribution in [2.75, 3.05) is 0 Å². The van der Waals surface area contributed by atoms with Crippen LogP contribution in [0.15, 0.2) is 22.9 Å². The van der Waals surface area contributed by atoms with Gasteiger partial charge >= 0.3 is 0 Å². The monoisotopic (exact) mass is 227 g/mol. The van der Waals surface area contributed by atoms with Crippen molar-refractivity contribution in [3.8, 4) is 0 Å². The molecule has 0 aliphatic rings. The highest BCUT2D eigenvalue weighted by Gasteiger charge is 2.20. The van der Waals surface area contributed by atoms with E-state index in [1.165, 1.54) is 6.26 Å². The molecule has 2 aromatic heterocycles. The molecule has 0 saturated carbocycles. The summed E-state index contributed by atoms with van der Waals surface area (Å²) in [5.41, 5.74) is 4.20. The topological polar surface area (TPSA) is 81.9 Å². The van der Waals surface area contributed by atoms with Gasteiger partial charge in [-0.2, -0.15) is 0 Å². The van der Waals surface area contributed by atoms with Gasteiger partial charge in [0, 0.05) is 12.6 Å². The first-order valence-electron chi connectivity index (χ1n) is 4.27. The van der Waals surface area contributed by atoms with Crippen LogP contribution in [0.4, 0.5) is 0 Å². The van der Waals surface area contributed by atoms with E-state index in [0.717, 1.165) is 11.3 Å². The maximum atomic E-state index is 5.87. The lowest BCUT2D eigenvalue weighted by Crippen LogP contribution is -2.30. The van der Waals surface area contributed by atoms with E-state index >= 15 is 0 Å². The van der Waals surface area contributed by atoms with Gasteiger partial charge in [0.2, 0.25) is 0 Å². The molecule has 1 atom stereocenters. The van der Waals surface area contributed by atoms with Crippen molar-refractivity contribution in [1.82, 2.24) is 20.4 Å². The number of halogens is 1. The van der Waals surface area contributed by atoms with Gasteiger partial charge in [-0.15, -0.1) is 5.10 Å². The predicted octanol–water partition coefficient (Wildman–Crippen LogP) is 0.614. The third kappa shape index (κ3) is 1.74. The molecule has 0 aromatic carbocycles. The van der Waals surface area contributed by atoms with Crippen LogP contribution < -0.4 is 11.3 Å². The third-order valence-electron chi connectivity index (χ3n) is 2.17. The van der Waals surface area contributed by atoms with Crippen LogP contribution in [-0.4, -0.2) is 15.0 Å². The van der Waals surface area contributed by atoms with Gasteiger partial charge in [0.05, 0.1) is 24.2 Å². The largest absolute Gasteiger partial charge is 0.453 e. The average molecular weight is 228 g/mol. The minimum Gasteiger partial charge on any atom is -0.453 e. The molecule has 0 amide bonds. The Hall–Kier alpha value is -1.37. The van der Waals surface area contributed by atoms with Crippen molar-refractivity contribution in [3.05, 3.63) is 35.0 Å². The molecular weight excluding hydrogens is 218 g/mol. The van der Waals surface area contributed by atoms with Crippen LogP contribution in [0.2, 0.25) is 5.22 Å². The Labute approximate surface area is 91.0 Å². The molecule has 0 bridgehead atoms. The van der Waals surface area contributed by atoms with Gasteiger partial charge in [0.1, 0.15) is 0 Å². The third-order valence-corrected chi connectivity index (χ3v) is 2.48. The van der Waals surface area contributed by atoms with Crippen molar-refractivity contribution < 1.29 is 4.42 Å². The van der Waals surface area contributed by atoms with Gasteiger partial charge in [-0.1, -0.05) is 5.21 Å². The number of hydrogen-bond donors (Lipinski definition) is 2. The molecule has 15 heavy (non-hydrogen) atoms. The van der Waals surface area contributed by atoms with Crippen LogP contribution >= 0.6 is 11.6 Å². The van der Waals surface area contributed by atoms with Crippen molar-refractivity contribution in [2.24, 2.45) is 12.9 Å². The molecule has 3 N–H and O–H groups in total. The number of furan rings is 1. The Morgan fingerprint density at radius 2 is 2.47 bits per heavy atom. The molecule has 7 heteroatoms. The standard InChI is InChI=1S/C8H10ClN5O/c1-14-6(4-11-13-14)7(12-10)5-2-3-15-8(5)9/h2-4,7,12H,10H2,1H3. The molecule has 0 fully saturated rings. The molecular formula is C8H10ClN5O. The quantitative estimate of drug-likeness (QED) is 0.593. The van der Waals surface area contributed by atoms with E-state index in [1.54, 1.807) is 24.0 Å². The molecule has 1 unspecified atom stereocenters. The summed E-state index contributed by atoms with van der Waals surface area (Å²) in [7, 11) is 1.78. The van der Waals surface area contributed by atoms with E-state index in [9.17, 15) is 0 Å². The minimum atomic E-state index is -0.281. The van der Waals surface area contributed by atoms with E-state index in [2.05, 4.69) is 15.7 Å². The molecule has 2 rings (SSSR count). The maximum absolute atomic E-state index is 5.87. The van der Waals surface area contributed by atoms with Crippen LogP contribution in [0.5, 0.6) is 0 Å². The fraction of sp³-hybridized carbons (Fsp3) is 0.250. The van der Waals surface area contributed by atoms with E-state index in [1.807, 2.05) is 0 Å². The van der Waals surface area contributed by atoms with E-state index in [0.29, 0.717) is 5.22 Å². The Kier molecular flexibility index (Phi) is 2.72. The predicted molar refractivity (Wildman–Crippen MR) is 53.9 cm³/mol.